The lowest BCUT2D eigenvalue weighted by atomic mass is 10.2. The van der Waals surface area contributed by atoms with Crippen LogP contribution >= 0.6 is 11.6 Å². The van der Waals surface area contributed by atoms with Crippen molar-refractivity contribution >= 4 is 17.4 Å². The molecule has 1 atom stereocenters. The van der Waals surface area contributed by atoms with Crippen LogP contribution in [-0.4, -0.2) is 21.7 Å². The second-order valence-electron chi connectivity index (χ2n) is 5.64. The number of aromatic nitrogens is 3. The molecule has 3 heterocycles. The fraction of sp³-hybridized carbons (Fsp3) is 0.467. The highest BCUT2D eigenvalue weighted by Gasteiger charge is 2.32. The molecular weight excluding hydrogens is 302 g/mol. The molecule has 1 fully saturated rings. The molecule has 2 aromatic heterocycles. The number of hydrogen-bond acceptors (Lipinski definition) is 6. The van der Waals surface area contributed by atoms with E-state index in [1.807, 2.05) is 19.9 Å². The van der Waals surface area contributed by atoms with E-state index >= 15 is 0 Å². The molecule has 0 N–H and O–H groups in total. The largest absolute Gasteiger partial charge is 0.345 e. The Morgan fingerprint density at radius 1 is 1.50 bits per heavy atom. The third-order valence-electron chi connectivity index (χ3n) is 3.73. The molecule has 2 aromatic rings. The Morgan fingerprint density at radius 2 is 2.32 bits per heavy atom. The molecule has 22 heavy (non-hydrogen) atoms. The number of hydrogen-bond donors (Lipinski definition) is 0. The number of halogens is 1. The minimum absolute atomic E-state index is 0.00851. The molecule has 0 amide bonds. The summed E-state index contributed by atoms with van der Waals surface area (Å²) in [5.74, 6) is 2.18. The smallest absolute Gasteiger partial charge is 0.229 e. The fourth-order valence-corrected chi connectivity index (χ4v) is 2.88. The van der Waals surface area contributed by atoms with E-state index in [2.05, 4.69) is 20.0 Å². The molecule has 0 bridgehead atoms. The molecule has 0 unspecified atom stereocenters. The van der Waals surface area contributed by atoms with Gasteiger partial charge in [-0.25, -0.2) is 4.98 Å². The average molecular weight is 318 g/mol. The lowest BCUT2D eigenvalue weighted by molar-refractivity contribution is 0.358. The van der Waals surface area contributed by atoms with Crippen molar-refractivity contribution in [1.82, 2.24) is 15.1 Å². The number of nitrogens with zero attached hydrogens (tertiary/aromatic N) is 5. The van der Waals surface area contributed by atoms with Gasteiger partial charge in [-0.15, -0.1) is 0 Å². The molecule has 6 nitrogen and oxygen atoms in total. The van der Waals surface area contributed by atoms with Crippen LogP contribution in [0.15, 0.2) is 16.8 Å². The van der Waals surface area contributed by atoms with Gasteiger partial charge in [-0.05, 0) is 18.9 Å². The van der Waals surface area contributed by atoms with Crippen LogP contribution in [0.3, 0.4) is 0 Å². The van der Waals surface area contributed by atoms with Crippen LogP contribution in [0.2, 0.25) is 5.02 Å². The van der Waals surface area contributed by atoms with E-state index in [0.29, 0.717) is 28.1 Å². The van der Waals surface area contributed by atoms with E-state index in [0.717, 1.165) is 19.4 Å². The lowest BCUT2D eigenvalue weighted by Crippen LogP contribution is -2.24. The third-order valence-corrected chi connectivity index (χ3v) is 4.00. The molecule has 0 spiro atoms. The number of nitriles is 1. The lowest BCUT2D eigenvalue weighted by Gasteiger charge is -2.24. The standard InChI is InChI=1S/C15H16ClN5O/c1-9(2)15-19-13(20-22-15)12-4-3-5-21(12)14-11(16)6-10(7-17)8-18-14/h6,8-9,12H,3-5H2,1-2H3/t12-/m1/s1. The molecule has 7 heteroatoms. The van der Waals surface area contributed by atoms with Gasteiger partial charge in [0, 0.05) is 18.7 Å². The van der Waals surface area contributed by atoms with Crippen LogP contribution in [-0.2, 0) is 0 Å². The van der Waals surface area contributed by atoms with Gasteiger partial charge >= 0.3 is 0 Å². The first kappa shape index (κ1) is 14.8. The molecule has 0 aromatic carbocycles. The summed E-state index contributed by atoms with van der Waals surface area (Å²) in [6.07, 6.45) is 3.47. The maximum Gasteiger partial charge on any atom is 0.229 e. The zero-order chi connectivity index (χ0) is 15.7. The number of rotatable bonds is 3. The molecule has 0 aliphatic carbocycles. The second-order valence-corrected chi connectivity index (χ2v) is 6.05. The van der Waals surface area contributed by atoms with E-state index in [-0.39, 0.29) is 12.0 Å². The zero-order valence-electron chi connectivity index (χ0n) is 12.5. The summed E-state index contributed by atoms with van der Waals surface area (Å²) in [5, 5.41) is 13.5. The van der Waals surface area contributed by atoms with Gasteiger partial charge < -0.3 is 9.42 Å². The summed E-state index contributed by atoms with van der Waals surface area (Å²) < 4.78 is 5.31. The van der Waals surface area contributed by atoms with Crippen molar-refractivity contribution in [3.63, 3.8) is 0 Å². The minimum atomic E-state index is 0.00851. The van der Waals surface area contributed by atoms with Crippen molar-refractivity contribution in [3.05, 3.63) is 34.6 Å². The van der Waals surface area contributed by atoms with Crippen molar-refractivity contribution in [2.75, 3.05) is 11.4 Å². The van der Waals surface area contributed by atoms with Crippen molar-refractivity contribution in [2.45, 2.75) is 38.6 Å². The summed E-state index contributed by atoms with van der Waals surface area (Å²) in [5.41, 5.74) is 0.450. The van der Waals surface area contributed by atoms with Crippen molar-refractivity contribution in [3.8, 4) is 6.07 Å². The third kappa shape index (κ3) is 2.64. The van der Waals surface area contributed by atoms with Gasteiger partial charge in [0.25, 0.3) is 0 Å². The zero-order valence-corrected chi connectivity index (χ0v) is 13.2. The second kappa shape index (κ2) is 5.93. The van der Waals surface area contributed by atoms with Gasteiger partial charge in [-0.1, -0.05) is 30.6 Å². The first-order valence-corrected chi connectivity index (χ1v) is 7.63. The van der Waals surface area contributed by atoms with Crippen molar-refractivity contribution in [2.24, 2.45) is 0 Å². The molecule has 1 aliphatic rings. The van der Waals surface area contributed by atoms with E-state index in [9.17, 15) is 0 Å². The van der Waals surface area contributed by atoms with E-state index in [1.54, 1.807) is 6.07 Å². The molecule has 1 aliphatic heterocycles. The van der Waals surface area contributed by atoms with E-state index in [4.69, 9.17) is 21.4 Å². The average Bonchev–Trinajstić information content (AvgIpc) is 3.15. The number of anilines is 1. The van der Waals surface area contributed by atoms with Gasteiger partial charge in [0.1, 0.15) is 11.9 Å². The van der Waals surface area contributed by atoms with Crippen LogP contribution < -0.4 is 4.90 Å². The normalized spacial score (nSPS) is 18.0. The maximum absolute atomic E-state index is 8.91. The molecule has 1 saturated heterocycles. The highest BCUT2D eigenvalue weighted by Crippen LogP contribution is 2.37. The predicted molar refractivity (Wildman–Crippen MR) is 81.7 cm³/mol. The van der Waals surface area contributed by atoms with Gasteiger partial charge in [0.15, 0.2) is 5.82 Å². The van der Waals surface area contributed by atoms with Gasteiger partial charge in [0.05, 0.1) is 16.6 Å². The summed E-state index contributed by atoms with van der Waals surface area (Å²) >= 11 is 6.28. The summed E-state index contributed by atoms with van der Waals surface area (Å²) in [7, 11) is 0. The molecule has 0 saturated carbocycles. The SMILES string of the molecule is CC(C)c1nc([C@H]2CCCN2c2ncc(C#N)cc2Cl)no1. The predicted octanol–water partition coefficient (Wildman–Crippen LogP) is 3.45. The van der Waals surface area contributed by atoms with Gasteiger partial charge in [-0.2, -0.15) is 10.2 Å². The Balaban J connectivity index is 1.91. The molecule has 0 radical (unpaired) electrons. The Bertz CT molecular complexity index is 721. The van der Waals surface area contributed by atoms with E-state index < -0.39 is 0 Å². The van der Waals surface area contributed by atoms with Crippen molar-refractivity contribution < 1.29 is 4.52 Å². The van der Waals surface area contributed by atoms with Crippen LogP contribution in [0, 0.1) is 11.3 Å². The topological polar surface area (TPSA) is 78.8 Å². The first-order valence-electron chi connectivity index (χ1n) is 7.26. The minimum Gasteiger partial charge on any atom is -0.345 e. The first-order chi connectivity index (χ1) is 10.6. The summed E-state index contributed by atoms with van der Waals surface area (Å²) in [6.45, 7) is 4.86. The van der Waals surface area contributed by atoms with E-state index in [1.165, 1.54) is 6.20 Å². The van der Waals surface area contributed by atoms with Crippen LogP contribution in [0.25, 0.3) is 0 Å². The van der Waals surface area contributed by atoms with Crippen LogP contribution in [0.5, 0.6) is 0 Å². The van der Waals surface area contributed by atoms with Crippen LogP contribution in [0.4, 0.5) is 5.82 Å². The Kier molecular flexibility index (Phi) is 3.99. The Hall–Kier alpha value is -2.13. The molecule has 114 valence electrons. The number of pyridine rings is 1. The Morgan fingerprint density at radius 3 is 2.95 bits per heavy atom. The highest BCUT2D eigenvalue weighted by molar-refractivity contribution is 6.33. The molecular formula is C15H16ClN5O. The monoisotopic (exact) mass is 317 g/mol. The maximum atomic E-state index is 8.91. The molecule has 3 rings (SSSR count). The Labute approximate surface area is 133 Å². The van der Waals surface area contributed by atoms with Crippen molar-refractivity contribution in [1.29, 1.82) is 5.26 Å². The summed E-state index contributed by atoms with van der Waals surface area (Å²) in [6, 6.07) is 3.68. The summed E-state index contributed by atoms with van der Waals surface area (Å²) in [4.78, 5) is 10.9. The highest BCUT2D eigenvalue weighted by atomic mass is 35.5. The quantitative estimate of drug-likeness (QED) is 0.862. The van der Waals surface area contributed by atoms with Gasteiger partial charge in [0.2, 0.25) is 5.89 Å². The van der Waals surface area contributed by atoms with Crippen LogP contribution in [0.1, 0.15) is 55.9 Å². The van der Waals surface area contributed by atoms with Gasteiger partial charge in [-0.3, -0.25) is 0 Å². The fourth-order valence-electron chi connectivity index (χ4n) is 2.61.